The second-order valence-electron chi connectivity index (χ2n) is 3.26. The first-order chi connectivity index (χ1) is 7.27. The highest BCUT2D eigenvalue weighted by atomic mass is 32.1. The number of nitrogens with one attached hydrogen (secondary N) is 1. The molecular formula is C10H19N3OS. The van der Waals surface area contributed by atoms with E-state index in [0.717, 1.165) is 36.2 Å². The molecule has 1 heterocycles. The quantitative estimate of drug-likeness (QED) is 0.724. The molecule has 1 aromatic heterocycles. The van der Waals surface area contributed by atoms with Crippen molar-refractivity contribution in [3.63, 3.8) is 0 Å². The Morgan fingerprint density at radius 3 is 2.87 bits per heavy atom. The van der Waals surface area contributed by atoms with E-state index in [9.17, 15) is 0 Å². The van der Waals surface area contributed by atoms with E-state index in [-0.39, 0.29) is 0 Å². The van der Waals surface area contributed by atoms with Gasteiger partial charge in [0.2, 0.25) is 0 Å². The minimum Gasteiger partial charge on any atom is -0.381 e. The van der Waals surface area contributed by atoms with Crippen molar-refractivity contribution in [2.75, 3.05) is 19.8 Å². The maximum absolute atomic E-state index is 5.28. The molecule has 0 saturated heterocycles. The molecule has 1 rings (SSSR count). The third-order valence-electron chi connectivity index (χ3n) is 2.03. The molecule has 0 fully saturated rings. The van der Waals surface area contributed by atoms with Crippen molar-refractivity contribution in [1.29, 1.82) is 0 Å². The molecular weight excluding hydrogens is 210 g/mol. The summed E-state index contributed by atoms with van der Waals surface area (Å²) >= 11 is 1.67. The molecule has 0 aromatic carbocycles. The molecule has 86 valence electrons. The van der Waals surface area contributed by atoms with Gasteiger partial charge in [0.25, 0.3) is 0 Å². The zero-order chi connectivity index (χ0) is 11.1. The van der Waals surface area contributed by atoms with E-state index in [1.54, 1.807) is 11.3 Å². The fourth-order valence-corrected chi connectivity index (χ4v) is 2.09. The maximum Gasteiger partial charge on any atom is 0.134 e. The van der Waals surface area contributed by atoms with Crippen LogP contribution in [0.15, 0.2) is 0 Å². The molecule has 1 N–H and O–H groups in total. The van der Waals surface area contributed by atoms with E-state index in [1.807, 2.05) is 6.92 Å². The highest BCUT2D eigenvalue weighted by Crippen LogP contribution is 2.17. The summed E-state index contributed by atoms with van der Waals surface area (Å²) in [5, 5.41) is 13.7. The summed E-state index contributed by atoms with van der Waals surface area (Å²) in [7, 11) is 0. The minimum atomic E-state index is 0.299. The molecule has 0 saturated carbocycles. The fourth-order valence-electron chi connectivity index (χ4n) is 1.24. The van der Waals surface area contributed by atoms with E-state index in [2.05, 4.69) is 29.4 Å². The monoisotopic (exact) mass is 229 g/mol. The van der Waals surface area contributed by atoms with Crippen molar-refractivity contribution in [3.8, 4) is 0 Å². The molecule has 0 bridgehead atoms. The Bertz CT molecular complexity index is 277. The number of ether oxygens (including phenoxy) is 1. The lowest BCUT2D eigenvalue weighted by molar-refractivity contribution is 0.150. The molecule has 1 unspecified atom stereocenters. The predicted octanol–water partition coefficient (Wildman–Crippen LogP) is 1.79. The van der Waals surface area contributed by atoms with Gasteiger partial charge < -0.3 is 10.1 Å². The van der Waals surface area contributed by atoms with Crippen LogP contribution in [0.3, 0.4) is 0 Å². The van der Waals surface area contributed by atoms with Crippen molar-refractivity contribution in [1.82, 2.24) is 15.5 Å². The van der Waals surface area contributed by atoms with Crippen molar-refractivity contribution < 1.29 is 4.74 Å². The summed E-state index contributed by atoms with van der Waals surface area (Å²) in [6.45, 7) is 8.65. The first-order valence-corrected chi connectivity index (χ1v) is 6.23. The second-order valence-corrected chi connectivity index (χ2v) is 4.35. The van der Waals surface area contributed by atoms with Crippen molar-refractivity contribution >= 4 is 11.3 Å². The standard InChI is InChI=1S/C10H19N3OS/c1-4-11-8(3)10-13-12-9(15-10)6-7-14-5-2/h8,11H,4-7H2,1-3H3. The van der Waals surface area contributed by atoms with Gasteiger partial charge in [0.15, 0.2) is 0 Å². The van der Waals surface area contributed by atoms with Gasteiger partial charge in [-0.1, -0.05) is 18.3 Å². The van der Waals surface area contributed by atoms with E-state index in [4.69, 9.17) is 4.74 Å². The van der Waals surface area contributed by atoms with Gasteiger partial charge in [-0.25, -0.2) is 0 Å². The van der Waals surface area contributed by atoms with Gasteiger partial charge in [0.1, 0.15) is 10.0 Å². The molecule has 0 amide bonds. The normalized spacial score (nSPS) is 13.0. The third-order valence-corrected chi connectivity index (χ3v) is 3.19. The van der Waals surface area contributed by atoms with Crippen LogP contribution < -0.4 is 5.32 Å². The van der Waals surface area contributed by atoms with Gasteiger partial charge in [0.05, 0.1) is 12.6 Å². The molecule has 0 spiro atoms. The Hall–Kier alpha value is -0.520. The molecule has 15 heavy (non-hydrogen) atoms. The zero-order valence-electron chi connectivity index (χ0n) is 9.62. The molecule has 5 heteroatoms. The smallest absolute Gasteiger partial charge is 0.134 e. The molecule has 0 radical (unpaired) electrons. The second kappa shape index (κ2) is 6.87. The van der Waals surface area contributed by atoms with Crippen LogP contribution in [0.1, 0.15) is 36.8 Å². The minimum absolute atomic E-state index is 0.299. The van der Waals surface area contributed by atoms with E-state index < -0.39 is 0 Å². The van der Waals surface area contributed by atoms with Crippen LogP contribution in [0.5, 0.6) is 0 Å². The molecule has 1 atom stereocenters. The molecule has 1 aromatic rings. The van der Waals surface area contributed by atoms with E-state index in [0.29, 0.717) is 6.04 Å². The molecule has 0 aliphatic heterocycles. The lowest BCUT2D eigenvalue weighted by Crippen LogP contribution is -2.17. The zero-order valence-corrected chi connectivity index (χ0v) is 10.4. The molecule has 0 aliphatic rings. The lowest BCUT2D eigenvalue weighted by atomic mass is 10.3. The number of hydrogen-bond donors (Lipinski definition) is 1. The average molecular weight is 229 g/mol. The van der Waals surface area contributed by atoms with Crippen LogP contribution in [0.4, 0.5) is 0 Å². The van der Waals surface area contributed by atoms with Crippen molar-refractivity contribution in [2.45, 2.75) is 33.2 Å². The average Bonchev–Trinajstić information content (AvgIpc) is 2.67. The SMILES string of the molecule is CCNC(C)c1nnc(CCOCC)s1. The summed E-state index contributed by atoms with van der Waals surface area (Å²) in [6.07, 6.45) is 0.865. The van der Waals surface area contributed by atoms with Crippen molar-refractivity contribution in [3.05, 3.63) is 10.0 Å². The van der Waals surface area contributed by atoms with Gasteiger partial charge in [-0.15, -0.1) is 10.2 Å². The van der Waals surface area contributed by atoms with Crippen LogP contribution in [0.25, 0.3) is 0 Å². The summed E-state index contributed by atoms with van der Waals surface area (Å²) < 4.78 is 5.28. The number of hydrogen-bond acceptors (Lipinski definition) is 5. The van der Waals surface area contributed by atoms with E-state index >= 15 is 0 Å². The Kier molecular flexibility index (Phi) is 5.75. The summed E-state index contributed by atoms with van der Waals surface area (Å²) in [4.78, 5) is 0. The van der Waals surface area contributed by atoms with Gasteiger partial charge in [-0.3, -0.25) is 0 Å². The maximum atomic E-state index is 5.28. The van der Waals surface area contributed by atoms with Crippen LogP contribution in [0, 0.1) is 0 Å². The van der Waals surface area contributed by atoms with Gasteiger partial charge in [0, 0.05) is 13.0 Å². The Morgan fingerprint density at radius 1 is 1.40 bits per heavy atom. The van der Waals surface area contributed by atoms with Crippen LogP contribution in [-0.2, 0) is 11.2 Å². The van der Waals surface area contributed by atoms with Crippen LogP contribution in [-0.4, -0.2) is 30.0 Å². The summed E-state index contributed by atoms with van der Waals surface area (Å²) in [5.74, 6) is 0. The predicted molar refractivity (Wildman–Crippen MR) is 62.2 cm³/mol. The van der Waals surface area contributed by atoms with Gasteiger partial charge in [-0.05, 0) is 20.4 Å². The first-order valence-electron chi connectivity index (χ1n) is 5.41. The molecule has 0 aliphatic carbocycles. The highest BCUT2D eigenvalue weighted by Gasteiger charge is 2.10. The van der Waals surface area contributed by atoms with Gasteiger partial charge in [-0.2, -0.15) is 0 Å². The van der Waals surface area contributed by atoms with Gasteiger partial charge >= 0.3 is 0 Å². The number of rotatable bonds is 7. The number of aromatic nitrogens is 2. The third kappa shape index (κ3) is 4.24. The fraction of sp³-hybridized carbons (Fsp3) is 0.800. The lowest BCUT2D eigenvalue weighted by Gasteiger charge is -2.06. The van der Waals surface area contributed by atoms with Crippen LogP contribution in [0.2, 0.25) is 0 Å². The first kappa shape index (κ1) is 12.5. The summed E-state index contributed by atoms with van der Waals surface area (Å²) in [5.41, 5.74) is 0. The number of nitrogens with zero attached hydrogens (tertiary/aromatic N) is 2. The Morgan fingerprint density at radius 2 is 2.20 bits per heavy atom. The Labute approximate surface area is 95.1 Å². The van der Waals surface area contributed by atoms with E-state index in [1.165, 1.54) is 0 Å². The summed E-state index contributed by atoms with van der Waals surface area (Å²) in [6, 6.07) is 0.299. The largest absolute Gasteiger partial charge is 0.381 e. The van der Waals surface area contributed by atoms with Crippen LogP contribution >= 0.6 is 11.3 Å². The van der Waals surface area contributed by atoms with Crippen molar-refractivity contribution in [2.24, 2.45) is 0 Å². The Balaban J connectivity index is 2.41. The topological polar surface area (TPSA) is 47.0 Å². The highest BCUT2D eigenvalue weighted by molar-refractivity contribution is 7.11. The molecule has 4 nitrogen and oxygen atoms in total.